The zero-order chi connectivity index (χ0) is 23.8. The number of carbonyl (C=O) groups excluding carboxylic acids is 2. The summed E-state index contributed by atoms with van der Waals surface area (Å²) >= 11 is 0. The lowest BCUT2D eigenvalue weighted by atomic mass is 9.69. The molecule has 168 valence electrons. The Morgan fingerprint density at radius 1 is 1.27 bits per heavy atom. The lowest BCUT2D eigenvalue weighted by Crippen LogP contribution is -2.49. The molecule has 1 aromatic heterocycles. The van der Waals surface area contributed by atoms with Gasteiger partial charge in [-0.2, -0.15) is 5.26 Å². The van der Waals surface area contributed by atoms with Crippen LogP contribution in [-0.4, -0.2) is 28.8 Å². The highest BCUT2D eigenvalue weighted by molar-refractivity contribution is 6.00. The average Bonchev–Trinajstić information content (AvgIpc) is 2.80. The van der Waals surface area contributed by atoms with E-state index in [1.54, 1.807) is 37.6 Å². The number of carbonyl (C=O) groups is 2. The van der Waals surface area contributed by atoms with Gasteiger partial charge in [0.15, 0.2) is 5.78 Å². The first-order valence-corrected chi connectivity index (χ1v) is 10.6. The van der Waals surface area contributed by atoms with Gasteiger partial charge in [0.1, 0.15) is 11.6 Å². The molecule has 4 rings (SSSR count). The number of hydrogen-bond donors (Lipinski definition) is 2. The van der Waals surface area contributed by atoms with Gasteiger partial charge in [-0.3, -0.25) is 20.0 Å². The Hall–Kier alpha value is -4.12. The van der Waals surface area contributed by atoms with Crippen LogP contribution in [0.2, 0.25) is 0 Å². The Morgan fingerprint density at radius 2 is 2.00 bits per heavy atom. The van der Waals surface area contributed by atoms with Crippen molar-refractivity contribution >= 4 is 11.7 Å². The fraction of sp³-hybridized carbons (Fsp3) is 0.280. The van der Waals surface area contributed by atoms with E-state index in [1.807, 2.05) is 26.0 Å². The molecule has 0 bridgehead atoms. The van der Waals surface area contributed by atoms with Gasteiger partial charge in [-0.05, 0) is 41.7 Å². The summed E-state index contributed by atoms with van der Waals surface area (Å²) in [6, 6.07) is 12.7. The summed E-state index contributed by atoms with van der Waals surface area (Å²) in [6.45, 7) is 4.00. The van der Waals surface area contributed by atoms with Crippen molar-refractivity contribution in [3.8, 4) is 11.8 Å². The molecular formula is C25H25N5O3. The van der Waals surface area contributed by atoms with Gasteiger partial charge in [0.05, 0.1) is 35.9 Å². The minimum Gasteiger partial charge on any atom is -0.497 e. The summed E-state index contributed by atoms with van der Waals surface area (Å²) in [6.07, 6.45) is 3.85. The summed E-state index contributed by atoms with van der Waals surface area (Å²) in [4.78, 5) is 30.3. The fourth-order valence-corrected chi connectivity index (χ4v) is 4.43. The first-order chi connectivity index (χ1) is 15.8. The van der Waals surface area contributed by atoms with Crippen LogP contribution in [0.25, 0.3) is 0 Å². The largest absolute Gasteiger partial charge is 0.497 e. The van der Waals surface area contributed by atoms with Crippen LogP contribution in [0.4, 0.5) is 0 Å². The molecular weight excluding hydrogens is 418 g/mol. The molecule has 0 fully saturated rings. The summed E-state index contributed by atoms with van der Waals surface area (Å²) in [5, 5.41) is 11.5. The highest BCUT2D eigenvalue weighted by Crippen LogP contribution is 2.48. The minimum atomic E-state index is -0.619. The molecule has 3 N–H and O–H groups in total. The Labute approximate surface area is 192 Å². The summed E-state index contributed by atoms with van der Waals surface area (Å²) < 4.78 is 5.25. The second-order valence-corrected chi connectivity index (χ2v) is 8.94. The minimum absolute atomic E-state index is 0.0667. The van der Waals surface area contributed by atoms with E-state index in [2.05, 4.69) is 16.5 Å². The fourth-order valence-electron chi connectivity index (χ4n) is 4.43. The number of hydrazine groups is 1. The lowest BCUT2D eigenvalue weighted by Gasteiger charge is -2.43. The summed E-state index contributed by atoms with van der Waals surface area (Å²) in [7, 11) is 1.57. The smallest absolute Gasteiger partial charge is 0.271 e. The number of nitrogens with two attached hydrogens (primary N) is 1. The van der Waals surface area contributed by atoms with Crippen LogP contribution in [0.5, 0.6) is 5.75 Å². The molecule has 2 heterocycles. The third-order valence-corrected chi connectivity index (χ3v) is 5.97. The first-order valence-electron chi connectivity index (χ1n) is 10.6. The Kier molecular flexibility index (Phi) is 5.64. The maximum absolute atomic E-state index is 13.4. The van der Waals surface area contributed by atoms with Gasteiger partial charge >= 0.3 is 0 Å². The number of ether oxygens (including phenoxy) is 1. The second kappa shape index (κ2) is 8.43. The van der Waals surface area contributed by atoms with E-state index in [4.69, 9.17) is 10.5 Å². The molecule has 1 aliphatic carbocycles. The van der Waals surface area contributed by atoms with Gasteiger partial charge in [0.2, 0.25) is 0 Å². The maximum atomic E-state index is 13.4. The number of benzene rings is 1. The van der Waals surface area contributed by atoms with E-state index in [1.165, 1.54) is 11.2 Å². The molecule has 0 saturated carbocycles. The predicted octanol–water partition coefficient (Wildman–Crippen LogP) is 3.17. The van der Waals surface area contributed by atoms with Crippen LogP contribution in [-0.2, 0) is 4.79 Å². The quantitative estimate of drug-likeness (QED) is 0.744. The van der Waals surface area contributed by atoms with Crippen LogP contribution < -0.4 is 15.9 Å². The topological polar surface area (TPSA) is 121 Å². The van der Waals surface area contributed by atoms with E-state index in [-0.39, 0.29) is 22.6 Å². The average molecular weight is 444 g/mol. The number of Topliss-reactive ketones (excluding diaryl/α,β-unsaturated/α-hetero) is 1. The number of nitrogens with one attached hydrogen (secondary N) is 1. The van der Waals surface area contributed by atoms with Crippen LogP contribution in [0, 0.1) is 16.7 Å². The van der Waals surface area contributed by atoms with Gasteiger partial charge < -0.3 is 10.5 Å². The highest BCUT2D eigenvalue weighted by atomic mass is 16.5. The normalized spacial score (nSPS) is 19.6. The predicted molar refractivity (Wildman–Crippen MR) is 121 cm³/mol. The molecule has 2 aromatic rings. The van der Waals surface area contributed by atoms with Crippen molar-refractivity contribution < 1.29 is 14.3 Å². The number of ketones is 1. The Bertz CT molecular complexity index is 1210. The molecule has 8 heteroatoms. The van der Waals surface area contributed by atoms with E-state index < -0.39 is 11.8 Å². The van der Waals surface area contributed by atoms with E-state index in [0.717, 1.165) is 5.56 Å². The number of amides is 1. The van der Waals surface area contributed by atoms with Crippen LogP contribution in [0.15, 0.2) is 71.5 Å². The molecule has 1 unspecified atom stereocenters. The van der Waals surface area contributed by atoms with Crippen LogP contribution in [0.1, 0.15) is 48.5 Å². The molecule has 0 spiro atoms. The number of methoxy groups -OCH3 is 1. The molecule has 8 nitrogen and oxygen atoms in total. The third kappa shape index (κ3) is 4.05. The van der Waals surface area contributed by atoms with E-state index in [0.29, 0.717) is 35.4 Å². The van der Waals surface area contributed by atoms with Gasteiger partial charge in [-0.1, -0.05) is 26.0 Å². The molecule has 1 aliphatic heterocycles. The third-order valence-electron chi connectivity index (χ3n) is 5.97. The van der Waals surface area contributed by atoms with Crippen molar-refractivity contribution in [2.24, 2.45) is 11.1 Å². The van der Waals surface area contributed by atoms with E-state index >= 15 is 0 Å². The monoisotopic (exact) mass is 443 g/mol. The zero-order valence-electron chi connectivity index (χ0n) is 18.8. The lowest BCUT2D eigenvalue weighted by molar-refractivity contribution is -0.118. The highest BCUT2D eigenvalue weighted by Gasteiger charge is 2.44. The molecule has 1 amide bonds. The first kappa shape index (κ1) is 22.1. The van der Waals surface area contributed by atoms with Crippen molar-refractivity contribution in [3.05, 3.63) is 82.6 Å². The number of allylic oxidation sites excluding steroid dienone is 3. The maximum Gasteiger partial charge on any atom is 0.271 e. The number of rotatable bonds is 4. The number of nitrogens with zero attached hydrogens (tertiary/aromatic N) is 3. The van der Waals surface area contributed by atoms with Gasteiger partial charge in [0.25, 0.3) is 5.91 Å². The summed E-state index contributed by atoms with van der Waals surface area (Å²) in [5.41, 5.74) is 11.3. The Balaban J connectivity index is 1.85. The number of pyridine rings is 1. The number of aromatic nitrogens is 1. The van der Waals surface area contributed by atoms with Crippen molar-refractivity contribution in [1.82, 2.24) is 15.4 Å². The van der Waals surface area contributed by atoms with Crippen molar-refractivity contribution in [3.63, 3.8) is 0 Å². The van der Waals surface area contributed by atoms with Gasteiger partial charge in [0, 0.05) is 24.4 Å². The molecule has 1 atom stereocenters. The summed E-state index contributed by atoms with van der Waals surface area (Å²) in [5.74, 6) is -0.358. The molecule has 2 aliphatic rings. The van der Waals surface area contributed by atoms with Gasteiger partial charge in [-0.15, -0.1) is 0 Å². The van der Waals surface area contributed by atoms with Gasteiger partial charge in [-0.25, -0.2) is 5.01 Å². The molecule has 33 heavy (non-hydrogen) atoms. The molecule has 1 aromatic carbocycles. The standard InChI is InChI=1S/C25H25N5O3/c1-25(2)11-19-22(20(31)12-25)21(15-6-8-17(33-3)9-7-15)18(13-26)23(27)30(19)29-24(32)16-5-4-10-28-14-16/h4-10,14,21H,11-12,27H2,1-3H3,(H,29,32). The van der Waals surface area contributed by atoms with Crippen LogP contribution in [0.3, 0.4) is 0 Å². The molecule has 0 radical (unpaired) electrons. The number of hydrogen-bond acceptors (Lipinski definition) is 7. The zero-order valence-corrected chi connectivity index (χ0v) is 18.8. The Morgan fingerprint density at radius 3 is 2.61 bits per heavy atom. The van der Waals surface area contributed by atoms with E-state index in [9.17, 15) is 14.9 Å². The van der Waals surface area contributed by atoms with Crippen molar-refractivity contribution in [2.45, 2.75) is 32.6 Å². The van der Waals surface area contributed by atoms with Crippen LogP contribution >= 0.6 is 0 Å². The SMILES string of the molecule is COc1ccc(C2C(C#N)=C(N)N(NC(=O)c3cccnc3)C3=C2C(=O)CC(C)(C)C3)cc1. The molecule has 0 saturated heterocycles. The number of nitriles is 1. The van der Waals surface area contributed by atoms with Crippen molar-refractivity contribution in [2.75, 3.05) is 7.11 Å². The second-order valence-electron chi connectivity index (χ2n) is 8.94. The van der Waals surface area contributed by atoms with Crippen molar-refractivity contribution in [1.29, 1.82) is 5.26 Å².